The second kappa shape index (κ2) is 10.9. The Morgan fingerprint density at radius 1 is 1.23 bits per heavy atom. The molecule has 1 atom stereocenters. The van der Waals surface area contributed by atoms with Gasteiger partial charge in [0.15, 0.2) is 11.5 Å². The third-order valence-corrected chi connectivity index (χ3v) is 3.07. The minimum atomic E-state index is -0.994. The predicted octanol–water partition coefficient (Wildman–Crippen LogP) is 2.13. The number of esters is 2. The molecule has 0 saturated carbocycles. The van der Waals surface area contributed by atoms with E-state index in [1.807, 2.05) is 0 Å². The van der Waals surface area contributed by atoms with Crippen molar-refractivity contribution in [2.75, 3.05) is 26.9 Å². The Morgan fingerprint density at radius 3 is 2.58 bits per heavy atom. The van der Waals surface area contributed by atoms with E-state index in [4.69, 9.17) is 18.9 Å². The standard InChI is InChI=1S/C19H24O7/c1-5-24-18(21)9-7-14-6-8-16(17(10-14)23-4)25-11-15(20)12-26-19(22)13(2)3/h6-10,15,20H,2,5,11-12H2,1,3-4H3/b9-7+. The van der Waals surface area contributed by atoms with Crippen LogP contribution in [0.2, 0.25) is 0 Å². The summed E-state index contributed by atoms with van der Waals surface area (Å²) in [7, 11) is 1.48. The van der Waals surface area contributed by atoms with Gasteiger partial charge in [0.05, 0.1) is 13.7 Å². The van der Waals surface area contributed by atoms with Crippen molar-refractivity contribution in [3.8, 4) is 11.5 Å². The fourth-order valence-corrected chi connectivity index (χ4v) is 1.79. The first-order valence-corrected chi connectivity index (χ1v) is 8.03. The van der Waals surface area contributed by atoms with Crippen molar-refractivity contribution in [2.45, 2.75) is 20.0 Å². The van der Waals surface area contributed by atoms with Crippen molar-refractivity contribution in [1.29, 1.82) is 0 Å². The molecule has 0 heterocycles. The first-order chi connectivity index (χ1) is 12.4. The zero-order valence-electron chi connectivity index (χ0n) is 15.2. The first kappa shape index (κ1) is 21.2. The molecule has 0 spiro atoms. The summed E-state index contributed by atoms with van der Waals surface area (Å²) in [5.41, 5.74) is 0.976. The molecule has 0 bridgehead atoms. The van der Waals surface area contributed by atoms with Crippen LogP contribution in [0.3, 0.4) is 0 Å². The normalized spacial score (nSPS) is 11.7. The van der Waals surface area contributed by atoms with Gasteiger partial charge in [-0.25, -0.2) is 9.59 Å². The molecule has 1 N–H and O–H groups in total. The zero-order valence-corrected chi connectivity index (χ0v) is 15.2. The Kier molecular flexibility index (Phi) is 8.94. The molecule has 26 heavy (non-hydrogen) atoms. The smallest absolute Gasteiger partial charge is 0.333 e. The van der Waals surface area contributed by atoms with E-state index >= 15 is 0 Å². The molecular formula is C19H24O7. The average molecular weight is 364 g/mol. The fraction of sp³-hybridized carbons (Fsp3) is 0.368. The second-order valence-corrected chi connectivity index (χ2v) is 5.34. The Morgan fingerprint density at radius 2 is 1.96 bits per heavy atom. The summed E-state index contributed by atoms with van der Waals surface area (Å²) < 4.78 is 20.4. The van der Waals surface area contributed by atoms with Gasteiger partial charge >= 0.3 is 11.9 Å². The van der Waals surface area contributed by atoms with Gasteiger partial charge in [-0.2, -0.15) is 0 Å². The molecular weight excluding hydrogens is 340 g/mol. The van der Waals surface area contributed by atoms with E-state index in [2.05, 4.69) is 6.58 Å². The molecule has 0 aliphatic carbocycles. The number of aliphatic hydroxyl groups is 1. The number of ether oxygens (including phenoxy) is 4. The number of carbonyl (C=O) groups is 2. The molecule has 1 aromatic rings. The number of benzene rings is 1. The maximum atomic E-state index is 11.3. The quantitative estimate of drug-likeness (QED) is 0.502. The lowest BCUT2D eigenvalue weighted by atomic mass is 10.2. The van der Waals surface area contributed by atoms with Crippen LogP contribution in [0.5, 0.6) is 11.5 Å². The van der Waals surface area contributed by atoms with E-state index in [1.165, 1.54) is 20.1 Å². The summed E-state index contributed by atoms with van der Waals surface area (Å²) >= 11 is 0. The maximum absolute atomic E-state index is 11.3. The average Bonchev–Trinajstić information content (AvgIpc) is 2.62. The van der Waals surface area contributed by atoms with Crippen LogP contribution in [0.1, 0.15) is 19.4 Å². The van der Waals surface area contributed by atoms with Crippen LogP contribution < -0.4 is 9.47 Å². The predicted molar refractivity (Wildman–Crippen MR) is 95.9 cm³/mol. The lowest BCUT2D eigenvalue weighted by Gasteiger charge is -2.15. The molecule has 7 nitrogen and oxygen atoms in total. The van der Waals surface area contributed by atoms with Crippen molar-refractivity contribution >= 4 is 18.0 Å². The zero-order chi connectivity index (χ0) is 19.5. The minimum Gasteiger partial charge on any atom is -0.493 e. The molecule has 0 aliphatic heterocycles. The van der Waals surface area contributed by atoms with Gasteiger partial charge < -0.3 is 24.1 Å². The van der Waals surface area contributed by atoms with Crippen LogP contribution in [-0.4, -0.2) is 50.1 Å². The summed E-state index contributed by atoms with van der Waals surface area (Å²) in [6.07, 6.45) is 1.92. The van der Waals surface area contributed by atoms with Gasteiger partial charge in [-0.15, -0.1) is 0 Å². The molecule has 0 fully saturated rings. The maximum Gasteiger partial charge on any atom is 0.333 e. The van der Waals surface area contributed by atoms with Crippen molar-refractivity contribution in [3.05, 3.63) is 42.0 Å². The van der Waals surface area contributed by atoms with Crippen LogP contribution in [0.25, 0.3) is 6.08 Å². The SMILES string of the molecule is C=C(C)C(=O)OCC(O)COc1ccc(/C=C/C(=O)OCC)cc1OC. The molecule has 142 valence electrons. The molecule has 1 unspecified atom stereocenters. The van der Waals surface area contributed by atoms with E-state index < -0.39 is 18.0 Å². The summed E-state index contributed by atoms with van der Waals surface area (Å²) in [5, 5.41) is 9.82. The molecule has 0 aliphatic rings. The number of hydrogen-bond acceptors (Lipinski definition) is 7. The van der Waals surface area contributed by atoms with E-state index in [1.54, 1.807) is 31.2 Å². The van der Waals surface area contributed by atoms with E-state index in [0.29, 0.717) is 18.1 Å². The number of carbonyl (C=O) groups excluding carboxylic acids is 2. The molecule has 0 aromatic heterocycles. The van der Waals surface area contributed by atoms with E-state index in [-0.39, 0.29) is 18.8 Å². The van der Waals surface area contributed by atoms with Crippen LogP contribution in [-0.2, 0) is 19.1 Å². The van der Waals surface area contributed by atoms with Crippen molar-refractivity contribution in [3.63, 3.8) is 0 Å². The lowest BCUT2D eigenvalue weighted by Crippen LogP contribution is -2.25. The van der Waals surface area contributed by atoms with Crippen LogP contribution in [0.15, 0.2) is 36.4 Å². The highest BCUT2D eigenvalue weighted by molar-refractivity contribution is 5.87. The van der Waals surface area contributed by atoms with Gasteiger partial charge in [0.25, 0.3) is 0 Å². The molecule has 0 saturated heterocycles. The van der Waals surface area contributed by atoms with Gasteiger partial charge in [0.1, 0.15) is 19.3 Å². The van der Waals surface area contributed by atoms with Crippen molar-refractivity contribution in [1.82, 2.24) is 0 Å². The number of aliphatic hydroxyl groups excluding tert-OH is 1. The topological polar surface area (TPSA) is 91.3 Å². The van der Waals surface area contributed by atoms with Gasteiger partial charge in [0, 0.05) is 11.6 Å². The fourth-order valence-electron chi connectivity index (χ4n) is 1.79. The number of methoxy groups -OCH3 is 1. The first-order valence-electron chi connectivity index (χ1n) is 8.03. The molecule has 1 rings (SSSR count). The van der Waals surface area contributed by atoms with E-state index in [9.17, 15) is 14.7 Å². The van der Waals surface area contributed by atoms with Gasteiger partial charge in [-0.05, 0) is 37.6 Å². The highest BCUT2D eigenvalue weighted by atomic mass is 16.6. The minimum absolute atomic E-state index is 0.0855. The lowest BCUT2D eigenvalue weighted by molar-refractivity contribution is -0.142. The Bertz CT molecular complexity index is 664. The highest BCUT2D eigenvalue weighted by Gasteiger charge is 2.12. The van der Waals surface area contributed by atoms with Gasteiger partial charge in [-0.3, -0.25) is 0 Å². The molecule has 1 aromatic carbocycles. The third kappa shape index (κ3) is 7.40. The summed E-state index contributed by atoms with van der Waals surface area (Å²) in [4.78, 5) is 22.6. The van der Waals surface area contributed by atoms with Gasteiger partial charge in [0.2, 0.25) is 0 Å². The Hall–Kier alpha value is -2.80. The van der Waals surface area contributed by atoms with Gasteiger partial charge in [-0.1, -0.05) is 12.6 Å². The van der Waals surface area contributed by atoms with Crippen molar-refractivity contribution in [2.24, 2.45) is 0 Å². The van der Waals surface area contributed by atoms with Crippen LogP contribution in [0, 0.1) is 0 Å². The molecule has 7 heteroatoms. The van der Waals surface area contributed by atoms with Crippen LogP contribution in [0.4, 0.5) is 0 Å². The second-order valence-electron chi connectivity index (χ2n) is 5.34. The third-order valence-electron chi connectivity index (χ3n) is 3.07. The summed E-state index contributed by atoms with van der Waals surface area (Å²) in [6.45, 7) is 6.73. The molecule has 0 amide bonds. The highest BCUT2D eigenvalue weighted by Crippen LogP contribution is 2.28. The Balaban J connectivity index is 2.63. The molecule has 0 radical (unpaired) electrons. The largest absolute Gasteiger partial charge is 0.493 e. The Labute approximate surface area is 152 Å². The summed E-state index contributed by atoms with van der Waals surface area (Å²) in [5.74, 6) is -0.160. The number of rotatable bonds is 10. The number of hydrogen-bond donors (Lipinski definition) is 1. The summed E-state index contributed by atoms with van der Waals surface area (Å²) in [6, 6.07) is 5.05. The monoisotopic (exact) mass is 364 g/mol. The van der Waals surface area contributed by atoms with Crippen LogP contribution >= 0.6 is 0 Å². The van der Waals surface area contributed by atoms with Crippen molar-refractivity contribution < 1.29 is 33.6 Å². The van der Waals surface area contributed by atoms with E-state index in [0.717, 1.165) is 5.56 Å².